The molecule has 0 heterocycles. The number of ketones is 1. The van der Waals surface area contributed by atoms with Crippen molar-refractivity contribution in [3.05, 3.63) is 64.7 Å². The first-order chi connectivity index (χ1) is 10.1. The molecule has 0 spiro atoms. The van der Waals surface area contributed by atoms with E-state index in [1.165, 1.54) is 0 Å². The number of carbonyl (C=O) groups is 1. The van der Waals surface area contributed by atoms with Gasteiger partial charge in [0.05, 0.1) is 13.7 Å². The maximum absolute atomic E-state index is 12.2. The minimum absolute atomic E-state index is 0.0778. The van der Waals surface area contributed by atoms with E-state index in [9.17, 15) is 4.79 Å². The summed E-state index contributed by atoms with van der Waals surface area (Å²) < 4.78 is 10.7. The first-order valence-corrected chi connectivity index (χ1v) is 7.02. The monoisotopic (exact) mass is 304 g/mol. The van der Waals surface area contributed by atoms with Crippen molar-refractivity contribution in [3.8, 4) is 5.75 Å². The SMILES string of the molecule is COc1ccc(COC(C)C(=O)c2cccc(Cl)c2)cc1. The van der Waals surface area contributed by atoms with Gasteiger partial charge in [-0.1, -0.05) is 35.9 Å². The van der Waals surface area contributed by atoms with E-state index in [0.29, 0.717) is 17.2 Å². The Morgan fingerprint density at radius 1 is 1.19 bits per heavy atom. The van der Waals surface area contributed by atoms with Crippen LogP contribution in [-0.4, -0.2) is 19.0 Å². The smallest absolute Gasteiger partial charge is 0.191 e. The average Bonchev–Trinajstić information content (AvgIpc) is 2.52. The van der Waals surface area contributed by atoms with Crippen molar-refractivity contribution in [1.82, 2.24) is 0 Å². The standard InChI is InChI=1S/C17H17ClO3/c1-12(17(19)14-4-3-5-15(18)10-14)21-11-13-6-8-16(20-2)9-7-13/h3-10,12H,11H2,1-2H3. The second kappa shape index (κ2) is 7.25. The van der Waals surface area contributed by atoms with Crippen LogP contribution in [-0.2, 0) is 11.3 Å². The van der Waals surface area contributed by atoms with Crippen molar-refractivity contribution < 1.29 is 14.3 Å². The number of carbonyl (C=O) groups excluding carboxylic acids is 1. The summed E-state index contributed by atoms with van der Waals surface area (Å²) >= 11 is 5.89. The van der Waals surface area contributed by atoms with Crippen LogP contribution in [0.15, 0.2) is 48.5 Å². The van der Waals surface area contributed by atoms with Gasteiger partial charge in [0.2, 0.25) is 0 Å². The molecule has 1 atom stereocenters. The van der Waals surface area contributed by atoms with Gasteiger partial charge in [-0.2, -0.15) is 0 Å². The number of benzene rings is 2. The van der Waals surface area contributed by atoms with Gasteiger partial charge < -0.3 is 9.47 Å². The number of halogens is 1. The predicted octanol–water partition coefficient (Wildman–Crippen LogP) is 4.14. The molecule has 110 valence electrons. The molecule has 0 radical (unpaired) electrons. The molecule has 0 fully saturated rings. The minimum atomic E-state index is -0.523. The van der Waals surface area contributed by atoms with Crippen molar-refractivity contribution in [3.63, 3.8) is 0 Å². The van der Waals surface area contributed by atoms with Gasteiger partial charge in [0, 0.05) is 10.6 Å². The quantitative estimate of drug-likeness (QED) is 0.753. The molecule has 0 amide bonds. The van der Waals surface area contributed by atoms with Gasteiger partial charge in [-0.25, -0.2) is 0 Å². The molecule has 21 heavy (non-hydrogen) atoms. The van der Waals surface area contributed by atoms with E-state index in [4.69, 9.17) is 21.1 Å². The van der Waals surface area contributed by atoms with Crippen LogP contribution in [0, 0.1) is 0 Å². The Bertz CT molecular complexity index is 608. The van der Waals surface area contributed by atoms with Crippen molar-refractivity contribution in [2.75, 3.05) is 7.11 Å². The lowest BCUT2D eigenvalue weighted by Crippen LogP contribution is -2.20. The zero-order valence-electron chi connectivity index (χ0n) is 12.0. The molecule has 0 aliphatic rings. The Morgan fingerprint density at radius 2 is 1.90 bits per heavy atom. The third-order valence-corrected chi connectivity index (χ3v) is 3.37. The highest BCUT2D eigenvalue weighted by Gasteiger charge is 2.16. The van der Waals surface area contributed by atoms with Gasteiger partial charge in [-0.15, -0.1) is 0 Å². The highest BCUT2D eigenvalue weighted by atomic mass is 35.5. The molecule has 3 nitrogen and oxygen atoms in total. The minimum Gasteiger partial charge on any atom is -0.497 e. The summed E-state index contributed by atoms with van der Waals surface area (Å²) in [4.78, 5) is 12.2. The number of hydrogen-bond acceptors (Lipinski definition) is 3. The molecule has 0 N–H and O–H groups in total. The summed E-state index contributed by atoms with van der Waals surface area (Å²) in [6.45, 7) is 2.12. The second-order valence-electron chi connectivity index (χ2n) is 4.68. The molecule has 2 rings (SSSR count). The Labute approximate surface area is 129 Å². The summed E-state index contributed by atoms with van der Waals surface area (Å²) in [5.41, 5.74) is 1.55. The molecular weight excluding hydrogens is 288 g/mol. The van der Waals surface area contributed by atoms with Crippen molar-refractivity contribution in [1.29, 1.82) is 0 Å². The summed E-state index contributed by atoms with van der Waals surface area (Å²) in [7, 11) is 1.62. The number of rotatable bonds is 6. The van der Waals surface area contributed by atoms with Crippen LogP contribution >= 0.6 is 11.6 Å². The van der Waals surface area contributed by atoms with E-state index in [0.717, 1.165) is 11.3 Å². The summed E-state index contributed by atoms with van der Waals surface area (Å²) in [6, 6.07) is 14.4. The van der Waals surface area contributed by atoms with Crippen LogP contribution < -0.4 is 4.74 Å². The van der Waals surface area contributed by atoms with Crippen LogP contribution in [0.25, 0.3) is 0 Å². The third kappa shape index (κ3) is 4.31. The molecule has 0 bridgehead atoms. The lowest BCUT2D eigenvalue weighted by atomic mass is 10.1. The van der Waals surface area contributed by atoms with Gasteiger partial charge >= 0.3 is 0 Å². The van der Waals surface area contributed by atoms with Crippen molar-refractivity contribution in [2.45, 2.75) is 19.6 Å². The fraction of sp³-hybridized carbons (Fsp3) is 0.235. The molecule has 0 aliphatic heterocycles. The van der Waals surface area contributed by atoms with Gasteiger partial charge in [0.15, 0.2) is 5.78 Å². The Morgan fingerprint density at radius 3 is 2.52 bits per heavy atom. The highest BCUT2D eigenvalue weighted by molar-refractivity contribution is 6.31. The molecule has 0 saturated heterocycles. The first kappa shape index (κ1) is 15.5. The van der Waals surface area contributed by atoms with Crippen LogP contribution in [0.3, 0.4) is 0 Å². The number of hydrogen-bond donors (Lipinski definition) is 0. The van der Waals surface area contributed by atoms with E-state index >= 15 is 0 Å². The van der Waals surface area contributed by atoms with Crippen molar-refractivity contribution >= 4 is 17.4 Å². The Balaban J connectivity index is 1.94. The molecular formula is C17H17ClO3. The molecule has 0 saturated carbocycles. The maximum Gasteiger partial charge on any atom is 0.191 e. The van der Waals surface area contributed by atoms with Crippen LogP contribution in [0.1, 0.15) is 22.8 Å². The number of ether oxygens (including phenoxy) is 2. The zero-order chi connectivity index (χ0) is 15.2. The molecule has 2 aromatic rings. The van der Waals surface area contributed by atoms with E-state index in [1.54, 1.807) is 38.3 Å². The van der Waals surface area contributed by atoms with E-state index in [1.807, 2.05) is 24.3 Å². The lowest BCUT2D eigenvalue weighted by molar-refractivity contribution is 0.0412. The predicted molar refractivity (Wildman–Crippen MR) is 83.0 cm³/mol. The van der Waals surface area contributed by atoms with Crippen molar-refractivity contribution in [2.24, 2.45) is 0 Å². The van der Waals surface area contributed by atoms with Crippen LogP contribution in [0.2, 0.25) is 5.02 Å². The highest BCUT2D eigenvalue weighted by Crippen LogP contribution is 2.16. The topological polar surface area (TPSA) is 35.5 Å². The summed E-state index contributed by atoms with van der Waals surface area (Å²) in [5.74, 6) is 0.716. The zero-order valence-corrected chi connectivity index (χ0v) is 12.8. The fourth-order valence-corrected chi connectivity index (χ4v) is 2.09. The largest absolute Gasteiger partial charge is 0.497 e. The Kier molecular flexibility index (Phi) is 5.37. The number of Topliss-reactive ketones (excluding diaryl/α,β-unsaturated/α-hetero) is 1. The fourth-order valence-electron chi connectivity index (χ4n) is 1.90. The molecule has 4 heteroatoms. The van der Waals surface area contributed by atoms with Crippen LogP contribution in [0.4, 0.5) is 0 Å². The van der Waals surface area contributed by atoms with E-state index in [-0.39, 0.29) is 5.78 Å². The van der Waals surface area contributed by atoms with Gasteiger partial charge in [-0.05, 0) is 36.8 Å². The molecule has 0 aromatic heterocycles. The molecule has 1 unspecified atom stereocenters. The number of methoxy groups -OCH3 is 1. The average molecular weight is 305 g/mol. The second-order valence-corrected chi connectivity index (χ2v) is 5.11. The maximum atomic E-state index is 12.2. The van der Waals surface area contributed by atoms with E-state index < -0.39 is 6.10 Å². The summed E-state index contributed by atoms with van der Waals surface area (Å²) in [5, 5.41) is 0.545. The molecule has 2 aromatic carbocycles. The van der Waals surface area contributed by atoms with E-state index in [2.05, 4.69) is 0 Å². The van der Waals surface area contributed by atoms with Gasteiger partial charge in [-0.3, -0.25) is 4.79 Å². The normalized spacial score (nSPS) is 12.0. The van der Waals surface area contributed by atoms with Crippen LogP contribution in [0.5, 0.6) is 5.75 Å². The Hall–Kier alpha value is -1.84. The molecule has 0 aliphatic carbocycles. The lowest BCUT2D eigenvalue weighted by Gasteiger charge is -2.12. The summed E-state index contributed by atoms with van der Waals surface area (Å²) in [6.07, 6.45) is -0.523. The first-order valence-electron chi connectivity index (χ1n) is 6.64. The van der Waals surface area contributed by atoms with Gasteiger partial charge in [0.1, 0.15) is 11.9 Å². The third-order valence-electron chi connectivity index (χ3n) is 3.14. The van der Waals surface area contributed by atoms with Gasteiger partial charge in [0.25, 0.3) is 0 Å².